The van der Waals surface area contributed by atoms with Crippen molar-refractivity contribution in [2.45, 2.75) is 37.4 Å². The van der Waals surface area contributed by atoms with Crippen LogP contribution in [0.1, 0.15) is 23.1 Å². The third-order valence-corrected chi connectivity index (χ3v) is 7.01. The lowest BCUT2D eigenvalue weighted by Gasteiger charge is -2.21. The van der Waals surface area contributed by atoms with E-state index in [1.165, 1.54) is 18.2 Å². The van der Waals surface area contributed by atoms with E-state index in [9.17, 15) is 21.6 Å². The van der Waals surface area contributed by atoms with Crippen LogP contribution in [0.15, 0.2) is 52.1 Å². The standard InChI is InChI=1S/C23H21F3N4O5S/c1-14-5-6-19(17(10-14)34-13-23(24,25)26)36(31,32)29-22-20-18(35-28-22)11-15(12-30-8-3-7-27-30)16-4-2-9-33-21(16)20/h3,5-8,10-11H,2,4,9,12-13H2,1H3,(H,28,29). The molecule has 4 aromatic rings. The van der Waals surface area contributed by atoms with Crippen molar-refractivity contribution in [1.29, 1.82) is 0 Å². The van der Waals surface area contributed by atoms with E-state index in [0.717, 1.165) is 17.5 Å². The third-order valence-electron chi connectivity index (χ3n) is 5.63. The van der Waals surface area contributed by atoms with Gasteiger partial charge in [0, 0.05) is 18.0 Å². The number of aryl methyl sites for hydroxylation is 1. The molecule has 2 aromatic heterocycles. The SMILES string of the molecule is Cc1ccc(S(=O)(=O)Nc2noc3cc(Cn4cccn4)c4c(c23)OCCC4)c(OCC(F)(F)F)c1. The first-order chi connectivity index (χ1) is 17.1. The topological polar surface area (TPSA) is 108 Å². The third kappa shape index (κ3) is 4.83. The molecule has 0 saturated heterocycles. The maximum Gasteiger partial charge on any atom is 0.422 e. The van der Waals surface area contributed by atoms with E-state index in [-0.39, 0.29) is 5.82 Å². The van der Waals surface area contributed by atoms with Crippen LogP contribution in [-0.2, 0) is 23.0 Å². The van der Waals surface area contributed by atoms with Gasteiger partial charge in [0.05, 0.1) is 13.2 Å². The minimum Gasteiger partial charge on any atom is -0.492 e. The summed E-state index contributed by atoms with van der Waals surface area (Å²) in [6, 6.07) is 7.44. The van der Waals surface area contributed by atoms with E-state index < -0.39 is 33.5 Å². The van der Waals surface area contributed by atoms with E-state index in [1.807, 2.05) is 6.20 Å². The molecule has 1 N–H and O–H groups in total. The van der Waals surface area contributed by atoms with Gasteiger partial charge in [-0.15, -0.1) is 0 Å². The van der Waals surface area contributed by atoms with Gasteiger partial charge in [-0.2, -0.15) is 18.3 Å². The number of aromatic nitrogens is 3. The van der Waals surface area contributed by atoms with Crippen molar-refractivity contribution in [2.75, 3.05) is 17.9 Å². The first-order valence-electron chi connectivity index (χ1n) is 11.0. The molecule has 5 rings (SSSR count). The Morgan fingerprint density at radius 3 is 2.83 bits per heavy atom. The summed E-state index contributed by atoms with van der Waals surface area (Å²) in [5.74, 6) is -0.0964. The van der Waals surface area contributed by atoms with Crippen molar-refractivity contribution in [1.82, 2.24) is 14.9 Å². The van der Waals surface area contributed by atoms with Crippen LogP contribution in [-0.4, -0.2) is 42.7 Å². The molecule has 0 fully saturated rings. The molecule has 190 valence electrons. The Hall–Kier alpha value is -3.74. The first kappa shape index (κ1) is 24.0. The Labute approximate surface area is 203 Å². The van der Waals surface area contributed by atoms with Crippen LogP contribution in [0.2, 0.25) is 0 Å². The van der Waals surface area contributed by atoms with Crippen molar-refractivity contribution in [3.8, 4) is 11.5 Å². The normalized spacial score (nSPS) is 13.9. The van der Waals surface area contributed by atoms with Crippen molar-refractivity contribution in [3.63, 3.8) is 0 Å². The van der Waals surface area contributed by atoms with Crippen molar-refractivity contribution in [2.24, 2.45) is 0 Å². The van der Waals surface area contributed by atoms with Crippen LogP contribution >= 0.6 is 0 Å². The van der Waals surface area contributed by atoms with E-state index in [2.05, 4.69) is 15.0 Å². The molecule has 1 aliphatic heterocycles. The fourth-order valence-corrected chi connectivity index (χ4v) is 5.22. The molecule has 1 aliphatic rings. The fraction of sp³-hybridized carbons (Fsp3) is 0.304. The smallest absolute Gasteiger partial charge is 0.422 e. The molecule has 3 heterocycles. The second kappa shape index (κ2) is 9.04. The van der Waals surface area contributed by atoms with Crippen LogP contribution in [0, 0.1) is 6.92 Å². The van der Waals surface area contributed by atoms with Gasteiger partial charge in [-0.1, -0.05) is 11.2 Å². The first-order valence-corrected chi connectivity index (χ1v) is 12.5. The number of halogens is 3. The summed E-state index contributed by atoms with van der Waals surface area (Å²) >= 11 is 0. The molecule has 0 bridgehead atoms. The molecule has 0 amide bonds. The van der Waals surface area contributed by atoms with Gasteiger partial charge in [-0.25, -0.2) is 8.42 Å². The summed E-state index contributed by atoms with van der Waals surface area (Å²) in [5.41, 5.74) is 2.61. The average molecular weight is 523 g/mol. The lowest BCUT2D eigenvalue weighted by atomic mass is 9.97. The summed E-state index contributed by atoms with van der Waals surface area (Å²) in [6.07, 6.45) is 0.332. The number of nitrogens with one attached hydrogen (secondary N) is 1. The van der Waals surface area contributed by atoms with Gasteiger partial charge in [-0.3, -0.25) is 9.40 Å². The molecule has 2 aromatic carbocycles. The average Bonchev–Trinajstić information content (AvgIpc) is 3.47. The summed E-state index contributed by atoms with van der Waals surface area (Å²) in [4.78, 5) is -0.460. The van der Waals surface area contributed by atoms with Gasteiger partial charge in [-0.05, 0) is 55.2 Å². The molecule has 0 aliphatic carbocycles. The Bertz CT molecular complexity index is 1520. The number of alkyl halides is 3. The van der Waals surface area contributed by atoms with E-state index >= 15 is 0 Å². The fourth-order valence-electron chi connectivity index (χ4n) is 4.09. The summed E-state index contributed by atoms with van der Waals surface area (Å²) in [6.45, 7) is 0.865. The Morgan fingerprint density at radius 2 is 2.08 bits per heavy atom. The molecule has 9 nitrogen and oxygen atoms in total. The van der Waals surface area contributed by atoms with Crippen LogP contribution in [0.5, 0.6) is 11.5 Å². The molecule has 0 radical (unpaired) electrons. The van der Waals surface area contributed by atoms with Crippen LogP contribution in [0.4, 0.5) is 19.0 Å². The number of hydrogen-bond acceptors (Lipinski definition) is 7. The maximum absolute atomic E-state index is 13.2. The van der Waals surface area contributed by atoms with Gasteiger partial charge in [0.25, 0.3) is 10.0 Å². The maximum atomic E-state index is 13.2. The lowest BCUT2D eigenvalue weighted by molar-refractivity contribution is -0.153. The minimum atomic E-state index is -4.63. The summed E-state index contributed by atoms with van der Waals surface area (Å²) < 4.78 is 84.9. The molecule has 0 saturated carbocycles. The van der Waals surface area contributed by atoms with Gasteiger partial charge in [0.1, 0.15) is 21.8 Å². The largest absolute Gasteiger partial charge is 0.492 e. The molecule has 0 unspecified atom stereocenters. The number of ether oxygens (including phenoxy) is 2. The predicted octanol–water partition coefficient (Wildman–Crippen LogP) is 4.45. The zero-order valence-electron chi connectivity index (χ0n) is 19.0. The van der Waals surface area contributed by atoms with Crippen molar-refractivity contribution < 1.29 is 35.6 Å². The zero-order valence-corrected chi connectivity index (χ0v) is 19.8. The van der Waals surface area contributed by atoms with Crippen LogP contribution in [0.3, 0.4) is 0 Å². The number of hydrogen-bond donors (Lipinski definition) is 1. The molecule has 13 heteroatoms. The highest BCUT2D eigenvalue weighted by Crippen LogP contribution is 2.41. The molecular weight excluding hydrogens is 501 g/mol. The van der Waals surface area contributed by atoms with E-state index in [4.69, 9.17) is 14.0 Å². The number of sulfonamides is 1. The van der Waals surface area contributed by atoms with E-state index in [1.54, 1.807) is 29.9 Å². The number of anilines is 1. The van der Waals surface area contributed by atoms with Crippen molar-refractivity contribution in [3.05, 3.63) is 59.4 Å². The van der Waals surface area contributed by atoms with Crippen LogP contribution < -0.4 is 14.2 Å². The van der Waals surface area contributed by atoms with Gasteiger partial charge >= 0.3 is 6.18 Å². The van der Waals surface area contributed by atoms with E-state index in [0.29, 0.717) is 41.9 Å². The Morgan fingerprint density at radius 1 is 1.25 bits per heavy atom. The Kier molecular flexibility index (Phi) is 6.02. The number of fused-ring (bicyclic) bond motifs is 3. The second-order valence-electron chi connectivity index (χ2n) is 8.36. The number of nitrogens with zero attached hydrogens (tertiary/aromatic N) is 3. The summed E-state index contributed by atoms with van der Waals surface area (Å²) in [5, 5.41) is 8.46. The minimum absolute atomic E-state index is 0.129. The quantitative estimate of drug-likeness (QED) is 0.382. The van der Waals surface area contributed by atoms with Gasteiger partial charge in [0.15, 0.2) is 18.0 Å². The predicted molar refractivity (Wildman–Crippen MR) is 123 cm³/mol. The molecular formula is C23H21F3N4O5S. The second-order valence-corrected chi connectivity index (χ2v) is 10.0. The molecule has 0 atom stereocenters. The number of benzene rings is 2. The number of rotatable bonds is 7. The highest BCUT2D eigenvalue weighted by Gasteiger charge is 2.31. The highest BCUT2D eigenvalue weighted by atomic mass is 32.2. The Balaban J connectivity index is 1.53. The highest BCUT2D eigenvalue weighted by molar-refractivity contribution is 7.92. The van der Waals surface area contributed by atoms with Gasteiger partial charge < -0.3 is 14.0 Å². The molecule has 36 heavy (non-hydrogen) atoms. The monoisotopic (exact) mass is 522 g/mol. The van der Waals surface area contributed by atoms with Crippen LogP contribution in [0.25, 0.3) is 11.0 Å². The zero-order chi connectivity index (χ0) is 25.5. The summed E-state index contributed by atoms with van der Waals surface area (Å²) in [7, 11) is -4.40. The lowest BCUT2D eigenvalue weighted by Crippen LogP contribution is -2.21. The van der Waals surface area contributed by atoms with Gasteiger partial charge in [0.2, 0.25) is 0 Å². The molecule has 0 spiro atoms. The van der Waals surface area contributed by atoms with Crippen molar-refractivity contribution >= 4 is 26.8 Å².